The number of carbonyl (C=O) groups is 3. The van der Waals surface area contributed by atoms with Crippen molar-refractivity contribution in [1.29, 1.82) is 0 Å². The molecule has 1 saturated carbocycles. The lowest BCUT2D eigenvalue weighted by molar-refractivity contribution is -0.133. The number of hydrogen-bond acceptors (Lipinski definition) is 4. The summed E-state index contributed by atoms with van der Waals surface area (Å²) in [5.41, 5.74) is 2.43. The summed E-state index contributed by atoms with van der Waals surface area (Å²) < 4.78 is 2.04. The van der Waals surface area contributed by atoms with Crippen LogP contribution in [0.4, 0.5) is 10.5 Å². The molecule has 2 fully saturated rings. The zero-order chi connectivity index (χ0) is 22.7. The Bertz CT molecular complexity index is 1480. The molecule has 2 aliphatic rings. The molecule has 1 saturated heterocycles. The number of hydrogen-bond donors (Lipinski definition) is 2. The van der Waals surface area contributed by atoms with Crippen LogP contribution in [-0.4, -0.2) is 44.2 Å². The van der Waals surface area contributed by atoms with Gasteiger partial charge >= 0.3 is 6.03 Å². The van der Waals surface area contributed by atoms with E-state index in [-0.39, 0.29) is 12.5 Å². The van der Waals surface area contributed by atoms with E-state index in [2.05, 4.69) is 10.6 Å². The van der Waals surface area contributed by atoms with Crippen LogP contribution in [0.1, 0.15) is 31.5 Å². The van der Waals surface area contributed by atoms with Crippen molar-refractivity contribution in [3.8, 4) is 0 Å². The molecular weight excluding hydrogens is 418 g/mol. The average molecular weight is 441 g/mol. The van der Waals surface area contributed by atoms with Crippen LogP contribution in [0.3, 0.4) is 0 Å². The zero-order valence-corrected chi connectivity index (χ0v) is 18.2. The van der Waals surface area contributed by atoms with Crippen LogP contribution in [-0.2, 0) is 9.59 Å². The number of rotatable bonds is 3. The predicted octanol–water partition coefficient (Wildman–Crippen LogP) is 3.75. The summed E-state index contributed by atoms with van der Waals surface area (Å²) in [5, 5.41) is 7.63. The molecule has 33 heavy (non-hydrogen) atoms. The zero-order valence-electron chi connectivity index (χ0n) is 18.2. The fourth-order valence-corrected chi connectivity index (χ4v) is 5.41. The number of nitrogens with zero attached hydrogens (tertiary/aromatic N) is 3. The number of para-hydroxylation sites is 2. The van der Waals surface area contributed by atoms with E-state index in [1.165, 1.54) is 0 Å². The van der Waals surface area contributed by atoms with Crippen LogP contribution in [0.2, 0.25) is 0 Å². The van der Waals surface area contributed by atoms with E-state index in [4.69, 9.17) is 4.98 Å². The van der Waals surface area contributed by atoms with Crippen LogP contribution in [0.15, 0.2) is 48.5 Å². The monoisotopic (exact) mass is 441 g/mol. The maximum absolute atomic E-state index is 13.2. The summed E-state index contributed by atoms with van der Waals surface area (Å²) in [6.45, 7) is 1.62. The van der Waals surface area contributed by atoms with Gasteiger partial charge in [-0.15, -0.1) is 0 Å². The van der Waals surface area contributed by atoms with Crippen molar-refractivity contribution in [2.24, 2.45) is 0 Å². The van der Waals surface area contributed by atoms with Gasteiger partial charge in [-0.1, -0.05) is 49.2 Å². The number of fused-ring (bicyclic) bond motifs is 5. The van der Waals surface area contributed by atoms with Crippen molar-refractivity contribution in [3.05, 3.63) is 54.4 Å². The van der Waals surface area contributed by atoms with Gasteiger partial charge in [0.1, 0.15) is 17.9 Å². The fraction of sp³-hybridized carbons (Fsp3) is 0.280. The maximum Gasteiger partial charge on any atom is 0.325 e. The van der Waals surface area contributed by atoms with Crippen molar-refractivity contribution in [2.75, 3.05) is 11.9 Å². The molecule has 0 radical (unpaired) electrons. The van der Waals surface area contributed by atoms with Crippen LogP contribution in [0, 0.1) is 6.92 Å². The third kappa shape index (κ3) is 2.83. The quantitative estimate of drug-likeness (QED) is 0.473. The highest BCUT2D eigenvalue weighted by Gasteiger charge is 2.52. The normalized spacial score (nSPS) is 17.5. The summed E-state index contributed by atoms with van der Waals surface area (Å²) in [6, 6.07) is 15.1. The Kier molecular flexibility index (Phi) is 4.20. The molecule has 4 amide bonds. The topological polar surface area (TPSA) is 95.8 Å². The van der Waals surface area contributed by atoms with Crippen molar-refractivity contribution in [1.82, 2.24) is 19.6 Å². The molecule has 2 N–H and O–H groups in total. The van der Waals surface area contributed by atoms with Crippen LogP contribution in [0.5, 0.6) is 0 Å². The average Bonchev–Trinajstić information content (AvgIpc) is 3.47. The maximum atomic E-state index is 13.2. The molecule has 0 bridgehead atoms. The highest BCUT2D eigenvalue weighted by molar-refractivity contribution is 6.17. The van der Waals surface area contributed by atoms with Crippen molar-refractivity contribution in [3.63, 3.8) is 0 Å². The Morgan fingerprint density at radius 2 is 1.76 bits per heavy atom. The molecule has 8 heteroatoms. The molecule has 1 aliphatic heterocycles. The Morgan fingerprint density at radius 3 is 2.55 bits per heavy atom. The number of amides is 4. The van der Waals surface area contributed by atoms with Gasteiger partial charge in [0.05, 0.1) is 22.2 Å². The van der Waals surface area contributed by atoms with Gasteiger partial charge in [-0.3, -0.25) is 18.9 Å². The number of urea groups is 1. The Hall–Kier alpha value is -3.94. The van der Waals surface area contributed by atoms with E-state index in [1.807, 2.05) is 59.9 Å². The molecule has 166 valence electrons. The molecule has 2 aromatic heterocycles. The lowest BCUT2D eigenvalue weighted by Gasteiger charge is -2.19. The number of carbonyl (C=O) groups excluding carboxylic acids is 3. The molecule has 0 unspecified atom stereocenters. The first kappa shape index (κ1) is 19.7. The number of anilines is 1. The standard InChI is InChI=1S/C25H23N5O3/c1-15-26-18-10-4-2-8-16(18)22-21(17-9-3-5-11-19(17)30(15)22)27-20(31)14-29-23(32)25(28-24(29)33)12-6-7-13-25/h2-5,8-11H,6-7,12-14H2,1H3,(H,27,31)(H,28,33). The molecular formula is C25H23N5O3. The summed E-state index contributed by atoms with van der Waals surface area (Å²) >= 11 is 0. The number of imide groups is 1. The molecule has 4 aromatic rings. The van der Waals surface area contributed by atoms with Gasteiger partial charge in [-0.2, -0.15) is 0 Å². The SMILES string of the molecule is Cc1nc2ccccc2c2c(NC(=O)CN3C(=O)NC4(CCCC4)C3=O)c3ccccc3n12. The summed E-state index contributed by atoms with van der Waals surface area (Å²) in [5.74, 6) is 0.0975. The Balaban J connectivity index is 1.42. The number of aryl methyl sites for hydroxylation is 1. The fourth-order valence-electron chi connectivity index (χ4n) is 5.41. The first-order chi connectivity index (χ1) is 16.0. The minimum atomic E-state index is -0.827. The van der Waals surface area contributed by atoms with Gasteiger partial charge in [-0.05, 0) is 31.9 Å². The van der Waals surface area contributed by atoms with Crippen molar-refractivity contribution in [2.45, 2.75) is 38.1 Å². The van der Waals surface area contributed by atoms with E-state index in [0.717, 1.165) is 50.9 Å². The van der Waals surface area contributed by atoms with E-state index in [1.54, 1.807) is 0 Å². The third-order valence-corrected chi connectivity index (χ3v) is 6.91. The molecule has 8 nitrogen and oxygen atoms in total. The number of aromatic nitrogens is 2. The lowest BCUT2D eigenvalue weighted by Crippen LogP contribution is -2.44. The summed E-state index contributed by atoms with van der Waals surface area (Å²) in [4.78, 5) is 44.4. The second kappa shape index (κ2) is 7.03. The van der Waals surface area contributed by atoms with Gasteiger partial charge in [0.15, 0.2) is 0 Å². The van der Waals surface area contributed by atoms with Gasteiger partial charge in [0, 0.05) is 10.8 Å². The second-order valence-corrected chi connectivity index (χ2v) is 8.91. The second-order valence-electron chi connectivity index (χ2n) is 8.91. The largest absolute Gasteiger partial charge is 0.325 e. The molecule has 6 rings (SSSR count). The Labute approximate surface area is 189 Å². The number of nitrogens with one attached hydrogen (secondary N) is 2. The first-order valence-corrected chi connectivity index (χ1v) is 11.2. The van der Waals surface area contributed by atoms with E-state index < -0.39 is 17.5 Å². The van der Waals surface area contributed by atoms with E-state index in [9.17, 15) is 14.4 Å². The molecule has 1 spiro atoms. The summed E-state index contributed by atoms with van der Waals surface area (Å²) in [6.07, 6.45) is 3.05. The molecule has 3 heterocycles. The van der Waals surface area contributed by atoms with E-state index >= 15 is 0 Å². The smallest absolute Gasteiger partial charge is 0.323 e. The number of benzene rings is 2. The lowest BCUT2D eigenvalue weighted by atomic mass is 9.98. The van der Waals surface area contributed by atoms with Crippen LogP contribution >= 0.6 is 0 Å². The van der Waals surface area contributed by atoms with Gasteiger partial charge in [-0.25, -0.2) is 9.78 Å². The minimum Gasteiger partial charge on any atom is -0.323 e. The molecule has 1 aliphatic carbocycles. The third-order valence-electron chi connectivity index (χ3n) is 6.91. The summed E-state index contributed by atoms with van der Waals surface area (Å²) in [7, 11) is 0. The van der Waals surface area contributed by atoms with Gasteiger partial charge in [0.25, 0.3) is 5.91 Å². The van der Waals surface area contributed by atoms with Crippen molar-refractivity contribution < 1.29 is 14.4 Å². The Morgan fingerprint density at radius 1 is 1.06 bits per heavy atom. The molecule has 2 aromatic carbocycles. The van der Waals surface area contributed by atoms with Crippen LogP contribution in [0.25, 0.3) is 27.3 Å². The minimum absolute atomic E-state index is 0.294. The first-order valence-electron chi connectivity index (χ1n) is 11.2. The highest BCUT2D eigenvalue weighted by Crippen LogP contribution is 2.37. The van der Waals surface area contributed by atoms with E-state index in [0.29, 0.717) is 18.5 Å². The highest BCUT2D eigenvalue weighted by atomic mass is 16.2. The van der Waals surface area contributed by atoms with Gasteiger partial charge < -0.3 is 10.6 Å². The van der Waals surface area contributed by atoms with Gasteiger partial charge in [0.2, 0.25) is 5.91 Å². The van der Waals surface area contributed by atoms with Crippen LogP contribution < -0.4 is 10.6 Å². The molecule has 0 atom stereocenters. The predicted molar refractivity (Wildman–Crippen MR) is 125 cm³/mol. The van der Waals surface area contributed by atoms with Crippen molar-refractivity contribution >= 4 is 50.9 Å².